The van der Waals surface area contributed by atoms with Gasteiger partial charge in [0.05, 0.1) is 12.2 Å². The molecule has 29 heavy (non-hydrogen) atoms. The van der Waals surface area contributed by atoms with Gasteiger partial charge in [-0.1, -0.05) is 68.4 Å². The summed E-state index contributed by atoms with van der Waals surface area (Å²) in [6.07, 6.45) is 0. The van der Waals surface area contributed by atoms with Crippen molar-refractivity contribution >= 4 is 11.8 Å². The van der Waals surface area contributed by atoms with Gasteiger partial charge in [-0.2, -0.15) is 0 Å². The van der Waals surface area contributed by atoms with Crippen molar-refractivity contribution in [2.45, 2.75) is 13.8 Å². The van der Waals surface area contributed by atoms with Gasteiger partial charge in [0.2, 0.25) is 0 Å². The van der Waals surface area contributed by atoms with Gasteiger partial charge in [0.25, 0.3) is 11.8 Å². The number of hydrazine groups is 1. The van der Waals surface area contributed by atoms with E-state index in [9.17, 15) is 9.59 Å². The summed E-state index contributed by atoms with van der Waals surface area (Å²) in [7, 11) is 0. The number of ether oxygens (including phenoxy) is 1. The van der Waals surface area contributed by atoms with Gasteiger partial charge < -0.3 is 4.74 Å². The lowest BCUT2D eigenvalue weighted by molar-refractivity contribution is 0.0844. The molecule has 0 heterocycles. The average Bonchev–Trinajstić information content (AvgIpc) is 2.76. The van der Waals surface area contributed by atoms with Crippen molar-refractivity contribution in [2.75, 3.05) is 6.61 Å². The topological polar surface area (TPSA) is 67.4 Å². The number of carbonyl (C=O) groups excluding carboxylic acids is 2. The molecule has 0 radical (unpaired) electrons. The van der Waals surface area contributed by atoms with Crippen LogP contribution in [0.4, 0.5) is 0 Å². The lowest BCUT2D eigenvalue weighted by atomic mass is 10.0. The summed E-state index contributed by atoms with van der Waals surface area (Å²) in [6.45, 7) is 4.57. The highest BCUT2D eigenvalue weighted by Gasteiger charge is 2.14. The van der Waals surface area contributed by atoms with Crippen molar-refractivity contribution in [2.24, 2.45) is 5.92 Å². The Morgan fingerprint density at radius 3 is 2.03 bits per heavy atom. The summed E-state index contributed by atoms with van der Waals surface area (Å²) in [5.74, 6) is 0.00185. The van der Waals surface area contributed by atoms with E-state index in [1.807, 2.05) is 56.3 Å². The Labute approximate surface area is 170 Å². The molecular weight excluding hydrogens is 364 g/mol. The first-order chi connectivity index (χ1) is 14.0. The van der Waals surface area contributed by atoms with E-state index in [0.29, 0.717) is 29.4 Å². The third kappa shape index (κ3) is 5.45. The van der Waals surface area contributed by atoms with Gasteiger partial charge in [0, 0.05) is 5.56 Å². The molecule has 3 rings (SSSR count). The molecule has 0 aliphatic rings. The molecule has 3 aromatic carbocycles. The Bertz CT molecular complexity index is 967. The number of hydrogen-bond donors (Lipinski definition) is 2. The van der Waals surface area contributed by atoms with Crippen molar-refractivity contribution in [3.63, 3.8) is 0 Å². The summed E-state index contributed by atoms with van der Waals surface area (Å²) >= 11 is 0. The maximum absolute atomic E-state index is 12.5. The number of rotatable bonds is 6. The van der Waals surface area contributed by atoms with Crippen molar-refractivity contribution in [1.29, 1.82) is 0 Å². The lowest BCUT2D eigenvalue weighted by Gasteiger charge is -2.13. The highest BCUT2D eigenvalue weighted by molar-refractivity contribution is 6.00. The second-order valence-electron chi connectivity index (χ2n) is 7.05. The quantitative estimate of drug-likeness (QED) is 0.613. The molecule has 0 aliphatic carbocycles. The number of hydrogen-bond acceptors (Lipinski definition) is 3. The van der Waals surface area contributed by atoms with Gasteiger partial charge in [0.15, 0.2) is 0 Å². The molecule has 0 aliphatic heterocycles. The molecule has 0 atom stereocenters. The van der Waals surface area contributed by atoms with Crippen LogP contribution < -0.4 is 15.6 Å². The van der Waals surface area contributed by atoms with Crippen LogP contribution in [0.1, 0.15) is 34.6 Å². The minimum atomic E-state index is -0.432. The zero-order valence-corrected chi connectivity index (χ0v) is 16.5. The first-order valence-corrected chi connectivity index (χ1v) is 9.52. The molecule has 2 amide bonds. The first kappa shape index (κ1) is 20.1. The Kier molecular flexibility index (Phi) is 6.63. The molecular formula is C24H24N2O3. The van der Waals surface area contributed by atoms with Crippen LogP contribution in [0.2, 0.25) is 0 Å². The van der Waals surface area contributed by atoms with Crippen LogP contribution >= 0.6 is 0 Å². The smallest absolute Gasteiger partial charge is 0.273 e. The number of nitrogens with one attached hydrogen (secondary N) is 2. The zero-order chi connectivity index (χ0) is 20.6. The van der Waals surface area contributed by atoms with E-state index in [-0.39, 0.29) is 0 Å². The predicted octanol–water partition coefficient (Wildman–Crippen LogP) is 4.46. The number of para-hydroxylation sites is 1. The fourth-order valence-corrected chi connectivity index (χ4v) is 2.73. The van der Waals surface area contributed by atoms with Crippen molar-refractivity contribution < 1.29 is 14.3 Å². The normalized spacial score (nSPS) is 10.4. The van der Waals surface area contributed by atoms with Gasteiger partial charge in [-0.05, 0) is 41.3 Å². The predicted molar refractivity (Wildman–Crippen MR) is 114 cm³/mol. The molecule has 0 unspecified atom stereocenters. The van der Waals surface area contributed by atoms with Crippen LogP contribution in [-0.2, 0) is 0 Å². The number of amides is 2. The summed E-state index contributed by atoms with van der Waals surface area (Å²) in [6, 6.07) is 24.1. The van der Waals surface area contributed by atoms with E-state index < -0.39 is 11.8 Å². The summed E-state index contributed by atoms with van der Waals surface area (Å²) in [5, 5.41) is 0. The SMILES string of the molecule is CC(C)COc1ccccc1C(=O)NNC(=O)c1ccc(-c2ccccc2)cc1. The molecule has 2 N–H and O–H groups in total. The minimum Gasteiger partial charge on any atom is -0.492 e. The molecule has 3 aromatic rings. The Balaban J connectivity index is 1.61. The van der Waals surface area contributed by atoms with Gasteiger partial charge in [-0.25, -0.2) is 0 Å². The third-order valence-electron chi connectivity index (χ3n) is 4.25. The standard InChI is InChI=1S/C24H24N2O3/c1-17(2)16-29-22-11-7-6-10-21(22)24(28)26-25-23(27)20-14-12-19(13-15-20)18-8-4-3-5-9-18/h3-15,17H,16H2,1-2H3,(H,25,27)(H,26,28). The van der Waals surface area contributed by atoms with E-state index in [4.69, 9.17) is 4.74 Å². The fourth-order valence-electron chi connectivity index (χ4n) is 2.73. The molecule has 0 saturated heterocycles. The molecule has 0 aromatic heterocycles. The van der Waals surface area contributed by atoms with Crippen LogP contribution in [0, 0.1) is 5.92 Å². The highest BCUT2D eigenvalue weighted by atomic mass is 16.5. The van der Waals surface area contributed by atoms with Crippen LogP contribution in [0.5, 0.6) is 5.75 Å². The third-order valence-corrected chi connectivity index (χ3v) is 4.25. The van der Waals surface area contributed by atoms with Crippen molar-refractivity contribution in [1.82, 2.24) is 10.9 Å². The Morgan fingerprint density at radius 1 is 0.759 bits per heavy atom. The van der Waals surface area contributed by atoms with Crippen LogP contribution in [0.15, 0.2) is 78.9 Å². The lowest BCUT2D eigenvalue weighted by Crippen LogP contribution is -2.41. The number of benzene rings is 3. The second kappa shape index (κ2) is 9.55. The van der Waals surface area contributed by atoms with E-state index in [2.05, 4.69) is 10.9 Å². The molecule has 5 heteroatoms. The molecule has 0 fully saturated rings. The second-order valence-corrected chi connectivity index (χ2v) is 7.05. The maximum Gasteiger partial charge on any atom is 0.273 e. The molecule has 0 bridgehead atoms. The molecule has 148 valence electrons. The Morgan fingerprint density at radius 2 is 1.34 bits per heavy atom. The van der Waals surface area contributed by atoms with E-state index in [1.54, 1.807) is 36.4 Å². The maximum atomic E-state index is 12.5. The van der Waals surface area contributed by atoms with E-state index in [0.717, 1.165) is 11.1 Å². The minimum absolute atomic E-state index is 0.338. The van der Waals surface area contributed by atoms with Crippen LogP contribution in [0.3, 0.4) is 0 Å². The largest absolute Gasteiger partial charge is 0.492 e. The van der Waals surface area contributed by atoms with Crippen molar-refractivity contribution in [3.05, 3.63) is 90.0 Å². The summed E-state index contributed by atoms with van der Waals surface area (Å²) < 4.78 is 5.69. The van der Waals surface area contributed by atoms with E-state index >= 15 is 0 Å². The van der Waals surface area contributed by atoms with E-state index in [1.165, 1.54) is 0 Å². The first-order valence-electron chi connectivity index (χ1n) is 9.52. The molecule has 0 spiro atoms. The monoisotopic (exact) mass is 388 g/mol. The van der Waals surface area contributed by atoms with Crippen LogP contribution in [-0.4, -0.2) is 18.4 Å². The van der Waals surface area contributed by atoms with Gasteiger partial charge in [-0.3, -0.25) is 20.4 Å². The number of carbonyl (C=O) groups is 2. The van der Waals surface area contributed by atoms with Gasteiger partial charge >= 0.3 is 0 Å². The van der Waals surface area contributed by atoms with Gasteiger partial charge in [-0.15, -0.1) is 0 Å². The zero-order valence-electron chi connectivity index (χ0n) is 16.5. The molecule has 5 nitrogen and oxygen atoms in total. The van der Waals surface area contributed by atoms with Gasteiger partial charge in [0.1, 0.15) is 5.75 Å². The average molecular weight is 388 g/mol. The fraction of sp³-hybridized carbons (Fsp3) is 0.167. The summed E-state index contributed by atoms with van der Waals surface area (Å²) in [4.78, 5) is 24.9. The highest BCUT2D eigenvalue weighted by Crippen LogP contribution is 2.20. The van der Waals surface area contributed by atoms with Crippen molar-refractivity contribution in [3.8, 4) is 16.9 Å². The Hall–Kier alpha value is -3.60. The molecule has 0 saturated carbocycles. The summed E-state index contributed by atoms with van der Waals surface area (Å²) in [5.41, 5.74) is 7.82. The van der Waals surface area contributed by atoms with Crippen LogP contribution in [0.25, 0.3) is 11.1 Å².